The minimum atomic E-state index is -3.57. The Bertz CT molecular complexity index is 1240. The second-order valence-electron chi connectivity index (χ2n) is 8.63. The number of hydrogen-bond donors (Lipinski definition) is 1. The number of sulfonamides is 1. The quantitative estimate of drug-likeness (QED) is 0.627. The molecule has 32 heavy (non-hydrogen) atoms. The third-order valence-corrected chi connectivity index (χ3v) is 7.74. The monoisotopic (exact) mass is 449 g/mol. The highest BCUT2D eigenvalue weighted by atomic mass is 32.2. The molecule has 0 unspecified atom stereocenters. The molecule has 5 rings (SSSR count). The van der Waals surface area contributed by atoms with Crippen molar-refractivity contribution in [2.45, 2.75) is 30.3 Å². The number of nitrogens with one attached hydrogen (secondary N) is 1. The SMILES string of the molecule is O=C(c1cccc(S(=O)(=O)NC2CC2)c1)N1CCN(Cc2cccc3ccccc23)CC1. The number of nitrogens with zero attached hydrogens (tertiary/aromatic N) is 2. The molecule has 3 aromatic rings. The van der Waals surface area contributed by atoms with Crippen LogP contribution in [0.1, 0.15) is 28.8 Å². The van der Waals surface area contributed by atoms with E-state index in [2.05, 4.69) is 52.1 Å². The molecule has 1 saturated carbocycles. The summed E-state index contributed by atoms with van der Waals surface area (Å²) in [6.45, 7) is 3.68. The van der Waals surface area contributed by atoms with Crippen LogP contribution < -0.4 is 4.72 Å². The average Bonchev–Trinajstić information content (AvgIpc) is 3.63. The van der Waals surface area contributed by atoms with Crippen LogP contribution >= 0.6 is 0 Å². The molecule has 0 aromatic heterocycles. The van der Waals surface area contributed by atoms with Crippen molar-refractivity contribution in [1.29, 1.82) is 0 Å². The van der Waals surface area contributed by atoms with Crippen LogP contribution in [0.5, 0.6) is 0 Å². The largest absolute Gasteiger partial charge is 0.336 e. The number of fused-ring (bicyclic) bond motifs is 1. The van der Waals surface area contributed by atoms with Gasteiger partial charge in [0.1, 0.15) is 0 Å². The van der Waals surface area contributed by atoms with Gasteiger partial charge in [-0.05, 0) is 47.4 Å². The minimum Gasteiger partial charge on any atom is -0.336 e. The molecule has 1 N–H and O–H groups in total. The number of carbonyl (C=O) groups is 1. The number of amides is 1. The summed E-state index contributed by atoms with van der Waals surface area (Å²) >= 11 is 0. The molecular formula is C25H27N3O3S. The lowest BCUT2D eigenvalue weighted by Crippen LogP contribution is -2.48. The Hall–Kier alpha value is -2.74. The number of hydrogen-bond acceptors (Lipinski definition) is 4. The standard InChI is InChI=1S/C25H27N3O3S/c29-25(20-7-4-9-23(17-20)32(30,31)26-22-11-12-22)28-15-13-27(14-16-28)18-21-8-3-6-19-5-1-2-10-24(19)21/h1-10,17,22,26H,11-16,18H2. The normalized spacial score (nSPS) is 17.6. The van der Waals surface area contributed by atoms with E-state index in [1.807, 2.05) is 4.90 Å². The Labute approximate surface area is 188 Å². The maximum absolute atomic E-state index is 13.0. The highest BCUT2D eigenvalue weighted by Crippen LogP contribution is 2.23. The Balaban J connectivity index is 1.23. The zero-order valence-corrected chi connectivity index (χ0v) is 18.7. The van der Waals surface area contributed by atoms with Crippen LogP contribution in [0.15, 0.2) is 71.6 Å². The summed E-state index contributed by atoms with van der Waals surface area (Å²) in [4.78, 5) is 17.4. The third-order valence-electron chi connectivity index (χ3n) is 6.22. The van der Waals surface area contributed by atoms with Gasteiger partial charge in [-0.1, -0.05) is 48.5 Å². The van der Waals surface area contributed by atoms with Gasteiger partial charge in [-0.25, -0.2) is 13.1 Å². The fraction of sp³-hybridized carbons (Fsp3) is 0.320. The fourth-order valence-electron chi connectivity index (χ4n) is 4.25. The Morgan fingerprint density at radius 3 is 2.41 bits per heavy atom. The van der Waals surface area contributed by atoms with Crippen LogP contribution in [0, 0.1) is 0 Å². The Morgan fingerprint density at radius 2 is 1.62 bits per heavy atom. The summed E-state index contributed by atoms with van der Waals surface area (Å²) < 4.78 is 27.7. The first-order valence-corrected chi connectivity index (χ1v) is 12.6. The summed E-state index contributed by atoms with van der Waals surface area (Å²) in [5.41, 5.74) is 1.72. The molecule has 3 aromatic carbocycles. The van der Waals surface area contributed by atoms with Gasteiger partial charge in [0.05, 0.1) is 4.90 Å². The lowest BCUT2D eigenvalue weighted by molar-refractivity contribution is 0.0628. The zero-order valence-electron chi connectivity index (χ0n) is 17.9. The van der Waals surface area contributed by atoms with Crippen LogP contribution in [0.2, 0.25) is 0 Å². The number of carbonyl (C=O) groups excluding carboxylic acids is 1. The Kier molecular flexibility index (Phi) is 5.71. The summed E-state index contributed by atoms with van der Waals surface area (Å²) in [6.07, 6.45) is 1.75. The Morgan fingerprint density at radius 1 is 0.906 bits per heavy atom. The molecule has 7 heteroatoms. The summed E-state index contributed by atoms with van der Waals surface area (Å²) in [5.74, 6) is -0.113. The van der Waals surface area contributed by atoms with Crippen molar-refractivity contribution < 1.29 is 13.2 Å². The van der Waals surface area contributed by atoms with Crippen LogP contribution in [0.3, 0.4) is 0 Å². The van der Waals surface area contributed by atoms with Crippen molar-refractivity contribution in [3.8, 4) is 0 Å². The second-order valence-corrected chi connectivity index (χ2v) is 10.3. The molecule has 2 fully saturated rings. The highest BCUT2D eigenvalue weighted by Gasteiger charge is 2.29. The van der Waals surface area contributed by atoms with Gasteiger partial charge in [-0.15, -0.1) is 0 Å². The lowest BCUT2D eigenvalue weighted by atomic mass is 10.0. The van der Waals surface area contributed by atoms with Crippen LogP contribution in [0.25, 0.3) is 10.8 Å². The first-order chi connectivity index (χ1) is 15.5. The van der Waals surface area contributed by atoms with E-state index in [-0.39, 0.29) is 16.8 Å². The second kappa shape index (κ2) is 8.65. The first-order valence-electron chi connectivity index (χ1n) is 11.1. The van der Waals surface area contributed by atoms with Crippen LogP contribution in [0.4, 0.5) is 0 Å². The average molecular weight is 450 g/mol. The van der Waals surface area contributed by atoms with Crippen molar-refractivity contribution in [2.75, 3.05) is 26.2 Å². The van der Waals surface area contributed by atoms with E-state index in [9.17, 15) is 13.2 Å². The molecule has 0 spiro atoms. The van der Waals surface area contributed by atoms with Crippen LogP contribution in [-0.2, 0) is 16.6 Å². The molecule has 1 heterocycles. The van der Waals surface area contributed by atoms with E-state index < -0.39 is 10.0 Å². The van der Waals surface area contributed by atoms with E-state index >= 15 is 0 Å². The summed E-state index contributed by atoms with van der Waals surface area (Å²) in [5, 5.41) is 2.51. The van der Waals surface area contributed by atoms with Gasteiger partial charge in [0.2, 0.25) is 10.0 Å². The first kappa shape index (κ1) is 21.1. The van der Waals surface area contributed by atoms with E-state index in [1.54, 1.807) is 18.2 Å². The number of rotatable bonds is 6. The van der Waals surface area contributed by atoms with Gasteiger partial charge < -0.3 is 4.90 Å². The van der Waals surface area contributed by atoms with E-state index in [4.69, 9.17) is 0 Å². The predicted molar refractivity (Wildman–Crippen MR) is 125 cm³/mol. The zero-order chi connectivity index (χ0) is 22.1. The third kappa shape index (κ3) is 4.55. The summed E-state index contributed by atoms with van der Waals surface area (Å²) in [7, 11) is -3.57. The predicted octanol–water partition coefficient (Wildman–Crippen LogP) is 3.24. The van der Waals surface area contributed by atoms with E-state index in [1.165, 1.54) is 22.4 Å². The molecule has 0 radical (unpaired) electrons. The molecule has 0 bridgehead atoms. The molecule has 1 saturated heterocycles. The van der Waals surface area contributed by atoms with E-state index in [0.29, 0.717) is 18.7 Å². The molecule has 2 aliphatic rings. The highest BCUT2D eigenvalue weighted by molar-refractivity contribution is 7.89. The van der Waals surface area contributed by atoms with Gasteiger partial charge in [0, 0.05) is 44.3 Å². The van der Waals surface area contributed by atoms with Crippen molar-refractivity contribution >= 4 is 26.7 Å². The smallest absolute Gasteiger partial charge is 0.253 e. The summed E-state index contributed by atoms with van der Waals surface area (Å²) in [6, 6.07) is 21.2. The number of piperazine rings is 1. The van der Waals surface area contributed by atoms with Crippen LogP contribution in [-0.4, -0.2) is 56.3 Å². The fourth-order valence-corrected chi connectivity index (χ4v) is 5.60. The van der Waals surface area contributed by atoms with Gasteiger partial charge in [-0.2, -0.15) is 0 Å². The van der Waals surface area contributed by atoms with Crippen molar-refractivity contribution in [3.63, 3.8) is 0 Å². The maximum Gasteiger partial charge on any atom is 0.253 e. The van der Waals surface area contributed by atoms with Crippen molar-refractivity contribution in [1.82, 2.24) is 14.5 Å². The van der Waals surface area contributed by atoms with Gasteiger partial charge in [0.25, 0.3) is 5.91 Å². The minimum absolute atomic E-state index is 0.0363. The molecular weight excluding hydrogens is 422 g/mol. The molecule has 1 aliphatic carbocycles. The van der Waals surface area contributed by atoms with Crippen molar-refractivity contribution in [2.24, 2.45) is 0 Å². The number of benzene rings is 3. The maximum atomic E-state index is 13.0. The van der Waals surface area contributed by atoms with Gasteiger partial charge >= 0.3 is 0 Å². The van der Waals surface area contributed by atoms with Gasteiger partial charge in [0.15, 0.2) is 0 Å². The molecule has 1 aliphatic heterocycles. The molecule has 6 nitrogen and oxygen atoms in total. The van der Waals surface area contributed by atoms with E-state index in [0.717, 1.165) is 32.5 Å². The molecule has 0 atom stereocenters. The molecule has 166 valence electrons. The molecule has 1 amide bonds. The van der Waals surface area contributed by atoms with Gasteiger partial charge in [-0.3, -0.25) is 9.69 Å². The lowest BCUT2D eigenvalue weighted by Gasteiger charge is -2.35. The topological polar surface area (TPSA) is 69.7 Å². The van der Waals surface area contributed by atoms with Crippen molar-refractivity contribution in [3.05, 3.63) is 77.9 Å².